The number of rotatable bonds is 6. The van der Waals surface area contributed by atoms with Crippen LogP contribution in [0.1, 0.15) is 45.1 Å². The third kappa shape index (κ3) is 4.06. The van der Waals surface area contributed by atoms with Gasteiger partial charge in [0.1, 0.15) is 6.61 Å². The van der Waals surface area contributed by atoms with Crippen LogP contribution in [0.4, 0.5) is 14.9 Å². The highest BCUT2D eigenvalue weighted by atomic mass is 19.1. The number of nitrogens with zero attached hydrogens (tertiary/aromatic N) is 1. The second-order valence-corrected chi connectivity index (χ2v) is 11.9. The smallest absolute Gasteiger partial charge is 0.429 e. The summed E-state index contributed by atoms with van der Waals surface area (Å²) in [6.07, 6.45) is -0.304. The predicted octanol–water partition coefficient (Wildman–Crippen LogP) is 2.89. The number of ketones is 2. The van der Waals surface area contributed by atoms with Gasteiger partial charge in [0.15, 0.2) is 23.7 Å². The number of hydrogen-bond acceptors (Lipinski definition) is 10. The molecule has 1 aromatic rings. The quantitative estimate of drug-likeness (QED) is 0.261. The zero-order valence-electron chi connectivity index (χ0n) is 22.6. The third-order valence-electron chi connectivity index (χ3n) is 10.1. The lowest BCUT2D eigenvalue weighted by Crippen LogP contribution is -2.69. The molecule has 0 aromatic heterocycles. The van der Waals surface area contributed by atoms with Crippen molar-refractivity contribution >= 4 is 23.4 Å². The van der Waals surface area contributed by atoms with Crippen molar-refractivity contribution < 1.29 is 48.5 Å². The van der Waals surface area contributed by atoms with Gasteiger partial charge in [-0.25, -0.2) is 9.18 Å². The van der Waals surface area contributed by atoms with Crippen molar-refractivity contribution in [3.63, 3.8) is 0 Å². The predicted molar refractivity (Wildman–Crippen MR) is 139 cm³/mol. The van der Waals surface area contributed by atoms with Crippen LogP contribution in [0.5, 0.6) is 0 Å². The number of carbonyl (C=O) groups is 3. The van der Waals surface area contributed by atoms with Gasteiger partial charge in [0.2, 0.25) is 5.78 Å². The molecule has 41 heavy (non-hydrogen) atoms. The maximum atomic E-state index is 17.2. The summed E-state index contributed by atoms with van der Waals surface area (Å²) in [6, 6.07) is 5.60. The second kappa shape index (κ2) is 9.81. The minimum absolute atomic E-state index is 0.100. The number of benzene rings is 1. The highest BCUT2D eigenvalue weighted by Gasteiger charge is 2.76. The van der Waals surface area contributed by atoms with Gasteiger partial charge < -0.3 is 24.8 Å². The number of aliphatic hydroxyl groups is 3. The number of alkyl halides is 1. The summed E-state index contributed by atoms with van der Waals surface area (Å²) < 4.78 is 27.0. The van der Waals surface area contributed by atoms with E-state index >= 15 is 4.39 Å². The van der Waals surface area contributed by atoms with Gasteiger partial charge in [-0.15, -0.1) is 0 Å². The maximum absolute atomic E-state index is 17.2. The third-order valence-corrected chi connectivity index (χ3v) is 10.1. The Bertz CT molecular complexity index is 1380. The topological polar surface area (TPSA) is 174 Å². The standard InChI is InChI=1S/C29H32FNO10/c1-26-10-9-18(32)11-17(26)7-8-19-20-12-22(33)29(37,27(20,2)13-23(34)28(19,26)30)24(35)15-41-25(36)40-14-16-5-3-4-6-21(16)31(38)39/h3-6,9-11,19-20,22-23,33-34,37H,7-8,12-15H2,1-2H3/t19-,20-,22?,23?,26-,27-,28-,29-/m0/s1. The van der Waals surface area contributed by atoms with E-state index in [0.29, 0.717) is 12.0 Å². The molecule has 0 amide bonds. The van der Waals surface area contributed by atoms with Crippen molar-refractivity contribution in [2.75, 3.05) is 6.61 Å². The molecule has 4 aliphatic carbocycles. The van der Waals surface area contributed by atoms with Gasteiger partial charge in [-0.2, -0.15) is 0 Å². The number of allylic oxidation sites excluding steroid dienone is 4. The van der Waals surface area contributed by atoms with Crippen LogP contribution >= 0.6 is 0 Å². The molecule has 0 spiro atoms. The highest BCUT2D eigenvalue weighted by Crippen LogP contribution is 2.69. The number of Topliss-reactive ketones (excluding diaryl/α,β-unsaturated/α-hetero) is 1. The number of aliphatic hydroxyl groups excluding tert-OH is 2. The van der Waals surface area contributed by atoms with Gasteiger partial charge in [-0.1, -0.05) is 30.7 Å². The highest BCUT2D eigenvalue weighted by molar-refractivity contribution is 6.01. The molecule has 0 aliphatic heterocycles. The number of nitro groups is 1. The van der Waals surface area contributed by atoms with Crippen molar-refractivity contribution in [2.24, 2.45) is 22.7 Å². The lowest BCUT2D eigenvalue weighted by Gasteiger charge is -2.62. The zero-order valence-corrected chi connectivity index (χ0v) is 22.6. The van der Waals surface area contributed by atoms with E-state index in [9.17, 15) is 39.8 Å². The number of halogens is 1. The molecule has 12 heteroatoms. The summed E-state index contributed by atoms with van der Waals surface area (Å²) in [6.45, 7) is 1.67. The first kappa shape index (κ1) is 29.0. The molecule has 220 valence electrons. The van der Waals surface area contributed by atoms with Gasteiger partial charge in [0, 0.05) is 22.8 Å². The number of para-hydroxylation sites is 1. The molecule has 0 heterocycles. The summed E-state index contributed by atoms with van der Waals surface area (Å²) in [4.78, 5) is 48.1. The van der Waals surface area contributed by atoms with Gasteiger partial charge >= 0.3 is 6.16 Å². The molecule has 3 saturated carbocycles. The lowest BCUT2D eigenvalue weighted by atomic mass is 9.44. The number of carbonyl (C=O) groups excluding carboxylic acids is 3. The Labute approximate surface area is 234 Å². The van der Waals surface area contributed by atoms with Crippen LogP contribution in [-0.4, -0.2) is 68.0 Å². The molecular formula is C29H32FNO10. The van der Waals surface area contributed by atoms with Crippen molar-refractivity contribution in [3.05, 3.63) is 63.7 Å². The first-order valence-corrected chi connectivity index (χ1v) is 13.5. The van der Waals surface area contributed by atoms with Gasteiger partial charge in [-0.3, -0.25) is 19.7 Å². The normalized spacial score (nSPS) is 39.2. The van der Waals surface area contributed by atoms with E-state index < -0.39 is 76.2 Å². The van der Waals surface area contributed by atoms with Crippen molar-refractivity contribution in [1.29, 1.82) is 0 Å². The summed E-state index contributed by atoms with van der Waals surface area (Å²) in [5, 5.41) is 45.2. The number of fused-ring (bicyclic) bond motifs is 5. The van der Waals surface area contributed by atoms with Crippen molar-refractivity contribution in [3.8, 4) is 0 Å². The van der Waals surface area contributed by atoms with Gasteiger partial charge in [0.25, 0.3) is 5.69 Å². The summed E-state index contributed by atoms with van der Waals surface area (Å²) in [7, 11) is 0. The Morgan fingerprint density at radius 2 is 1.85 bits per heavy atom. The van der Waals surface area contributed by atoms with Crippen LogP contribution in [0.2, 0.25) is 0 Å². The average molecular weight is 574 g/mol. The van der Waals surface area contributed by atoms with E-state index in [1.54, 1.807) is 6.92 Å². The van der Waals surface area contributed by atoms with E-state index in [0.717, 1.165) is 0 Å². The maximum Gasteiger partial charge on any atom is 0.509 e. The Morgan fingerprint density at radius 3 is 2.56 bits per heavy atom. The van der Waals surface area contributed by atoms with E-state index in [2.05, 4.69) is 0 Å². The van der Waals surface area contributed by atoms with E-state index in [1.807, 2.05) is 0 Å². The Balaban J connectivity index is 1.33. The van der Waals surface area contributed by atoms with Crippen molar-refractivity contribution in [2.45, 2.75) is 69.6 Å². The first-order chi connectivity index (χ1) is 19.2. The monoisotopic (exact) mass is 573 g/mol. The number of ether oxygens (including phenoxy) is 2. The molecule has 4 aliphatic rings. The Kier molecular flexibility index (Phi) is 6.95. The molecule has 1 aromatic carbocycles. The summed E-state index contributed by atoms with van der Waals surface area (Å²) in [5.74, 6) is -2.86. The molecule has 0 radical (unpaired) electrons. The fourth-order valence-electron chi connectivity index (χ4n) is 7.95. The van der Waals surface area contributed by atoms with Crippen molar-refractivity contribution in [1.82, 2.24) is 0 Å². The lowest BCUT2D eigenvalue weighted by molar-refractivity contribution is -0.385. The molecule has 3 fully saturated rings. The van der Waals surface area contributed by atoms with Gasteiger partial charge in [-0.05, 0) is 56.7 Å². The molecular weight excluding hydrogens is 541 g/mol. The minimum atomic E-state index is -2.46. The molecule has 5 rings (SSSR count). The molecule has 11 nitrogen and oxygen atoms in total. The minimum Gasteiger partial charge on any atom is -0.429 e. The average Bonchev–Trinajstić information content (AvgIpc) is 3.13. The van der Waals surface area contributed by atoms with Crippen LogP contribution in [0.15, 0.2) is 48.1 Å². The fourth-order valence-corrected chi connectivity index (χ4v) is 7.95. The second-order valence-electron chi connectivity index (χ2n) is 11.9. The Hall–Kier alpha value is -3.48. The van der Waals surface area contributed by atoms with Crippen LogP contribution < -0.4 is 0 Å². The van der Waals surface area contributed by atoms with Crippen LogP contribution in [0.25, 0.3) is 0 Å². The van der Waals surface area contributed by atoms with E-state index in [1.165, 1.54) is 49.4 Å². The summed E-state index contributed by atoms with van der Waals surface area (Å²) in [5.41, 5.74) is -7.02. The Morgan fingerprint density at radius 1 is 1.15 bits per heavy atom. The molecule has 0 saturated heterocycles. The first-order valence-electron chi connectivity index (χ1n) is 13.5. The molecule has 3 N–H and O–H groups in total. The van der Waals surface area contributed by atoms with Crippen LogP contribution in [-0.2, 0) is 25.7 Å². The molecule has 8 atom stereocenters. The SMILES string of the molecule is C[C@]12C=CC(=O)C=C1CC[C@H]1[C@@H]3CC(O)[C@](O)(C(=O)COC(=O)OCc4ccccc4[N+](=O)[O-])[C@@]3(C)CC(O)[C@@]12F. The largest absolute Gasteiger partial charge is 0.509 e. The number of nitro benzene ring substituents is 1. The van der Waals surface area contributed by atoms with Crippen LogP contribution in [0.3, 0.4) is 0 Å². The number of hydrogen-bond donors (Lipinski definition) is 3. The van der Waals surface area contributed by atoms with Gasteiger partial charge in [0.05, 0.1) is 22.7 Å². The molecule has 2 unspecified atom stereocenters. The van der Waals surface area contributed by atoms with Crippen LogP contribution in [0, 0.1) is 32.8 Å². The molecule has 0 bridgehead atoms. The van der Waals surface area contributed by atoms with E-state index in [-0.39, 0.29) is 36.3 Å². The summed E-state index contributed by atoms with van der Waals surface area (Å²) >= 11 is 0. The fraction of sp³-hybridized carbons (Fsp3) is 0.552. The van der Waals surface area contributed by atoms with E-state index in [4.69, 9.17) is 9.47 Å². The zero-order chi connectivity index (χ0) is 30.0.